The van der Waals surface area contributed by atoms with Crippen LogP contribution >= 0.6 is 0 Å². The number of fused-ring (bicyclic) bond motifs is 1. The predicted molar refractivity (Wildman–Crippen MR) is 114 cm³/mol. The second kappa shape index (κ2) is 7.98. The molecule has 0 fully saturated rings. The van der Waals surface area contributed by atoms with Crippen LogP contribution in [0.5, 0.6) is 11.5 Å². The highest BCUT2D eigenvalue weighted by Gasteiger charge is 2.42. The summed E-state index contributed by atoms with van der Waals surface area (Å²) in [6, 6.07) is 5.32. The van der Waals surface area contributed by atoms with E-state index >= 15 is 0 Å². The molecule has 164 valence electrons. The third-order valence-corrected chi connectivity index (χ3v) is 5.59. The van der Waals surface area contributed by atoms with Crippen LogP contribution in [0.15, 0.2) is 39.1 Å². The Bertz CT molecular complexity index is 1210. The van der Waals surface area contributed by atoms with Gasteiger partial charge in [-0.15, -0.1) is 0 Å². The van der Waals surface area contributed by atoms with Gasteiger partial charge in [-0.2, -0.15) is 0 Å². The minimum Gasteiger partial charge on any atom is -0.493 e. The van der Waals surface area contributed by atoms with Crippen molar-refractivity contribution in [1.82, 2.24) is 9.13 Å². The molecule has 2 aliphatic heterocycles. The summed E-state index contributed by atoms with van der Waals surface area (Å²) in [7, 11) is 2.98. The first-order valence-electron chi connectivity index (χ1n) is 10.2. The van der Waals surface area contributed by atoms with Gasteiger partial charge in [0.25, 0.3) is 5.56 Å². The van der Waals surface area contributed by atoms with Crippen molar-refractivity contribution in [2.24, 2.45) is 7.05 Å². The van der Waals surface area contributed by atoms with E-state index in [1.165, 1.54) is 14.2 Å². The molecule has 2 aromatic rings. The maximum absolute atomic E-state index is 13.3. The van der Waals surface area contributed by atoms with E-state index in [2.05, 4.69) is 5.32 Å². The predicted octanol–water partition coefficient (Wildman–Crippen LogP) is 1.73. The number of rotatable bonds is 6. The van der Waals surface area contributed by atoms with Gasteiger partial charge in [-0.05, 0) is 31.0 Å². The van der Waals surface area contributed by atoms with Crippen molar-refractivity contribution < 1.29 is 19.0 Å². The molecular formula is C22H25N3O6. The van der Waals surface area contributed by atoms with Gasteiger partial charge in [0.15, 0.2) is 11.5 Å². The number of hydrogen-bond acceptors (Lipinski definition) is 7. The Balaban J connectivity index is 2.01. The summed E-state index contributed by atoms with van der Waals surface area (Å²) in [6.45, 7) is 4.79. The van der Waals surface area contributed by atoms with Gasteiger partial charge < -0.3 is 19.5 Å². The second-order valence-electron chi connectivity index (χ2n) is 7.43. The maximum atomic E-state index is 13.3. The van der Waals surface area contributed by atoms with Crippen molar-refractivity contribution >= 4 is 11.8 Å². The van der Waals surface area contributed by atoms with Crippen molar-refractivity contribution in [1.29, 1.82) is 0 Å². The number of aromatic nitrogens is 2. The van der Waals surface area contributed by atoms with E-state index in [0.29, 0.717) is 59.3 Å². The van der Waals surface area contributed by atoms with Crippen LogP contribution in [-0.4, -0.2) is 35.4 Å². The van der Waals surface area contributed by atoms with E-state index in [4.69, 9.17) is 14.2 Å². The number of carbonyl (C=O) groups excluding carboxylic acids is 1. The molecule has 0 saturated heterocycles. The monoisotopic (exact) mass is 427 g/mol. The van der Waals surface area contributed by atoms with Crippen LogP contribution in [0, 0.1) is 0 Å². The van der Waals surface area contributed by atoms with Gasteiger partial charge in [-0.1, -0.05) is 13.0 Å². The zero-order valence-corrected chi connectivity index (χ0v) is 18.0. The Morgan fingerprint density at radius 2 is 1.97 bits per heavy atom. The van der Waals surface area contributed by atoms with Gasteiger partial charge >= 0.3 is 11.7 Å². The summed E-state index contributed by atoms with van der Waals surface area (Å²) in [6.07, 6.45) is 0.703. The number of cyclic esters (lactones) is 1. The highest BCUT2D eigenvalue weighted by Crippen LogP contribution is 2.44. The van der Waals surface area contributed by atoms with E-state index in [0.717, 1.165) is 4.57 Å². The first kappa shape index (κ1) is 20.8. The lowest BCUT2D eigenvalue weighted by Gasteiger charge is -2.29. The number of esters is 1. The van der Waals surface area contributed by atoms with E-state index in [1.54, 1.807) is 22.8 Å². The normalized spacial score (nSPS) is 17.0. The number of carbonyl (C=O) groups is 1. The standard InChI is InChI=1S/C22H25N3O6/c1-5-9-25-19-18(20(26)24(3)22(25)28)16(17-13(23-19)11-31-21(17)27)12-7-8-14(30-6-2)15(10-12)29-4/h7-8,10,16,23H,5-6,9,11H2,1-4H3/t16-/m1/s1. The van der Waals surface area contributed by atoms with Crippen LogP contribution < -0.4 is 26.0 Å². The maximum Gasteiger partial charge on any atom is 0.337 e. The lowest BCUT2D eigenvalue weighted by Crippen LogP contribution is -2.44. The minimum absolute atomic E-state index is 0.0633. The molecule has 0 aliphatic carbocycles. The fourth-order valence-corrected chi connectivity index (χ4v) is 4.19. The van der Waals surface area contributed by atoms with Crippen LogP contribution in [-0.2, 0) is 23.1 Å². The van der Waals surface area contributed by atoms with Crippen molar-refractivity contribution in [3.8, 4) is 11.5 Å². The lowest BCUT2D eigenvalue weighted by molar-refractivity contribution is -0.136. The van der Waals surface area contributed by atoms with E-state index in [-0.39, 0.29) is 6.61 Å². The summed E-state index contributed by atoms with van der Waals surface area (Å²) in [5, 5.41) is 3.14. The first-order valence-corrected chi connectivity index (χ1v) is 10.2. The molecule has 0 unspecified atom stereocenters. The topological polar surface area (TPSA) is 101 Å². The molecule has 9 nitrogen and oxygen atoms in total. The molecular weight excluding hydrogens is 402 g/mol. The number of hydrogen-bond donors (Lipinski definition) is 1. The molecule has 3 heterocycles. The molecule has 4 rings (SSSR count). The average Bonchev–Trinajstić information content (AvgIpc) is 3.14. The van der Waals surface area contributed by atoms with Gasteiger partial charge in [-0.3, -0.25) is 13.9 Å². The molecule has 31 heavy (non-hydrogen) atoms. The lowest BCUT2D eigenvalue weighted by atomic mass is 9.82. The number of anilines is 1. The number of ether oxygens (including phenoxy) is 3. The Hall–Kier alpha value is -3.49. The minimum atomic E-state index is -0.701. The Labute approximate surface area is 178 Å². The summed E-state index contributed by atoms with van der Waals surface area (Å²) in [5.74, 6) is 0.279. The van der Waals surface area contributed by atoms with Crippen LogP contribution in [0.1, 0.15) is 37.3 Å². The summed E-state index contributed by atoms with van der Waals surface area (Å²) in [4.78, 5) is 38.7. The summed E-state index contributed by atoms with van der Waals surface area (Å²) < 4.78 is 19.0. The fraction of sp³-hybridized carbons (Fsp3) is 0.409. The zero-order chi connectivity index (χ0) is 22.3. The SMILES string of the molecule is CCCn1c2c(c(=O)n(C)c1=O)[C@H](c1ccc(OCC)c(OC)c1)C1=C(COC1=O)N2. The Kier molecular flexibility index (Phi) is 5.34. The van der Waals surface area contributed by atoms with Crippen LogP contribution in [0.2, 0.25) is 0 Å². The molecule has 0 amide bonds. The van der Waals surface area contributed by atoms with Crippen molar-refractivity contribution in [2.75, 3.05) is 25.6 Å². The van der Waals surface area contributed by atoms with Crippen LogP contribution in [0.4, 0.5) is 5.82 Å². The van der Waals surface area contributed by atoms with Crippen molar-refractivity contribution in [3.63, 3.8) is 0 Å². The summed E-state index contributed by atoms with van der Waals surface area (Å²) in [5.41, 5.74) is 1.08. The molecule has 1 N–H and O–H groups in total. The highest BCUT2D eigenvalue weighted by molar-refractivity contribution is 5.96. The van der Waals surface area contributed by atoms with Crippen molar-refractivity contribution in [2.45, 2.75) is 32.7 Å². The number of benzene rings is 1. The molecule has 0 radical (unpaired) electrons. The zero-order valence-electron chi connectivity index (χ0n) is 18.0. The number of nitrogens with one attached hydrogen (secondary N) is 1. The smallest absolute Gasteiger partial charge is 0.337 e. The quantitative estimate of drug-likeness (QED) is 0.701. The number of methoxy groups -OCH3 is 1. The third-order valence-electron chi connectivity index (χ3n) is 5.59. The van der Waals surface area contributed by atoms with Gasteiger partial charge in [0.2, 0.25) is 0 Å². The second-order valence-corrected chi connectivity index (χ2v) is 7.43. The van der Waals surface area contributed by atoms with Gasteiger partial charge in [0, 0.05) is 13.6 Å². The third kappa shape index (κ3) is 3.20. The molecule has 0 spiro atoms. The first-order chi connectivity index (χ1) is 14.9. The molecule has 1 aromatic heterocycles. The molecule has 0 bridgehead atoms. The van der Waals surface area contributed by atoms with Gasteiger partial charge in [-0.25, -0.2) is 9.59 Å². The molecule has 2 aliphatic rings. The van der Waals surface area contributed by atoms with Gasteiger partial charge in [0.05, 0.1) is 36.5 Å². The van der Waals surface area contributed by atoms with E-state index in [9.17, 15) is 14.4 Å². The number of nitrogens with zero attached hydrogens (tertiary/aromatic N) is 2. The highest BCUT2D eigenvalue weighted by atomic mass is 16.5. The van der Waals surface area contributed by atoms with Gasteiger partial charge in [0.1, 0.15) is 12.4 Å². The Morgan fingerprint density at radius 1 is 1.19 bits per heavy atom. The van der Waals surface area contributed by atoms with Crippen molar-refractivity contribution in [3.05, 3.63) is 61.4 Å². The van der Waals surface area contributed by atoms with E-state index in [1.807, 2.05) is 13.8 Å². The molecule has 0 saturated carbocycles. The molecule has 9 heteroatoms. The Morgan fingerprint density at radius 3 is 2.65 bits per heavy atom. The molecule has 1 atom stereocenters. The van der Waals surface area contributed by atoms with E-state index < -0.39 is 23.1 Å². The fourth-order valence-electron chi connectivity index (χ4n) is 4.19. The van der Waals surface area contributed by atoms with Crippen LogP contribution in [0.3, 0.4) is 0 Å². The summed E-state index contributed by atoms with van der Waals surface area (Å²) >= 11 is 0. The van der Waals surface area contributed by atoms with Crippen LogP contribution in [0.25, 0.3) is 0 Å². The molecule has 1 aromatic carbocycles. The largest absolute Gasteiger partial charge is 0.493 e. The average molecular weight is 427 g/mol.